The Morgan fingerprint density at radius 2 is 2.29 bits per heavy atom. The van der Waals surface area contributed by atoms with Crippen molar-refractivity contribution >= 4 is 18.2 Å². The predicted molar refractivity (Wildman–Crippen MR) is 65.3 cm³/mol. The first-order chi connectivity index (χ1) is 8.22. The highest BCUT2D eigenvalue weighted by Gasteiger charge is 2.22. The fourth-order valence-corrected chi connectivity index (χ4v) is 2.64. The van der Waals surface area contributed by atoms with Gasteiger partial charge in [-0.3, -0.25) is 9.89 Å². The normalized spacial score (nSPS) is 16.3. The molecule has 1 aliphatic rings. The van der Waals surface area contributed by atoms with E-state index in [0.717, 1.165) is 12.8 Å². The van der Waals surface area contributed by atoms with Crippen LogP contribution in [0.3, 0.4) is 0 Å². The molecular formula is C11H17N3O2S. The van der Waals surface area contributed by atoms with Gasteiger partial charge in [0.15, 0.2) is 4.77 Å². The number of nitrogens with zero attached hydrogens (tertiary/aromatic N) is 2. The van der Waals surface area contributed by atoms with Crippen molar-refractivity contribution in [3.05, 3.63) is 10.6 Å². The Labute approximate surface area is 105 Å². The molecule has 1 N–H and O–H groups in total. The smallest absolute Gasteiger partial charge is 0.313 e. The molecule has 0 spiro atoms. The minimum atomic E-state index is -0.249. The monoisotopic (exact) mass is 255 g/mol. The number of nitrogens with one attached hydrogen (secondary N) is 1. The number of ether oxygens (including phenoxy) is 1. The lowest BCUT2D eigenvalue weighted by Gasteiger charge is -2.13. The molecule has 1 aromatic rings. The van der Waals surface area contributed by atoms with Crippen LogP contribution in [0.1, 0.15) is 44.5 Å². The van der Waals surface area contributed by atoms with Gasteiger partial charge in [0.2, 0.25) is 0 Å². The van der Waals surface area contributed by atoms with Crippen LogP contribution in [0.2, 0.25) is 0 Å². The van der Waals surface area contributed by atoms with Gasteiger partial charge in [0.05, 0.1) is 6.61 Å². The molecule has 6 heteroatoms. The zero-order valence-corrected chi connectivity index (χ0v) is 10.8. The number of aromatic nitrogens is 3. The third kappa shape index (κ3) is 2.74. The Morgan fingerprint density at radius 3 is 2.94 bits per heavy atom. The largest absolute Gasteiger partial charge is 0.466 e. The predicted octanol–water partition coefficient (Wildman–Crippen LogP) is 2.16. The van der Waals surface area contributed by atoms with Gasteiger partial charge in [0, 0.05) is 6.04 Å². The number of carbonyl (C=O) groups is 1. The van der Waals surface area contributed by atoms with Crippen molar-refractivity contribution in [1.29, 1.82) is 0 Å². The zero-order chi connectivity index (χ0) is 12.3. The number of H-pyrrole nitrogens is 1. The lowest BCUT2D eigenvalue weighted by Crippen LogP contribution is -2.15. The van der Waals surface area contributed by atoms with Crippen LogP contribution in [0.15, 0.2) is 0 Å². The second-order valence-electron chi connectivity index (χ2n) is 4.24. The number of hydrogen-bond donors (Lipinski definition) is 1. The number of carbonyl (C=O) groups excluding carboxylic acids is 1. The lowest BCUT2D eigenvalue weighted by atomic mass is 10.2. The van der Waals surface area contributed by atoms with Crippen LogP contribution in [0.4, 0.5) is 0 Å². The average molecular weight is 255 g/mol. The molecule has 1 saturated carbocycles. The summed E-state index contributed by atoms with van der Waals surface area (Å²) in [5, 5.41) is 6.90. The summed E-state index contributed by atoms with van der Waals surface area (Å²) in [6.45, 7) is 2.19. The van der Waals surface area contributed by atoms with Crippen molar-refractivity contribution in [2.24, 2.45) is 0 Å². The van der Waals surface area contributed by atoms with Crippen molar-refractivity contribution in [2.45, 2.75) is 45.1 Å². The summed E-state index contributed by atoms with van der Waals surface area (Å²) in [6.07, 6.45) is 4.86. The van der Waals surface area contributed by atoms with Crippen molar-refractivity contribution in [2.75, 3.05) is 6.61 Å². The first-order valence-corrected chi connectivity index (χ1v) is 6.44. The van der Waals surface area contributed by atoms with Gasteiger partial charge in [0.1, 0.15) is 12.2 Å². The minimum Gasteiger partial charge on any atom is -0.466 e. The molecule has 1 aromatic heterocycles. The molecule has 1 heterocycles. The molecule has 17 heavy (non-hydrogen) atoms. The van der Waals surface area contributed by atoms with E-state index in [4.69, 9.17) is 17.0 Å². The summed E-state index contributed by atoms with van der Waals surface area (Å²) in [6, 6.07) is 0.394. The summed E-state index contributed by atoms with van der Waals surface area (Å²) < 4.78 is 7.53. The molecule has 0 unspecified atom stereocenters. The average Bonchev–Trinajstić information content (AvgIpc) is 2.89. The van der Waals surface area contributed by atoms with Gasteiger partial charge in [-0.2, -0.15) is 5.10 Å². The van der Waals surface area contributed by atoms with Gasteiger partial charge >= 0.3 is 5.97 Å². The third-order valence-corrected chi connectivity index (χ3v) is 3.36. The van der Waals surface area contributed by atoms with E-state index >= 15 is 0 Å². The van der Waals surface area contributed by atoms with Crippen LogP contribution < -0.4 is 0 Å². The van der Waals surface area contributed by atoms with Gasteiger partial charge in [-0.05, 0) is 32.0 Å². The lowest BCUT2D eigenvalue weighted by molar-refractivity contribution is -0.142. The molecule has 0 bridgehead atoms. The summed E-state index contributed by atoms with van der Waals surface area (Å²) in [5.74, 6) is 0.445. The molecular weight excluding hydrogens is 238 g/mol. The Hall–Kier alpha value is -1.17. The molecule has 0 atom stereocenters. The van der Waals surface area contributed by atoms with E-state index in [1.54, 1.807) is 6.92 Å². The Bertz CT molecular complexity index is 446. The quantitative estimate of drug-likeness (QED) is 0.661. The van der Waals surface area contributed by atoms with Gasteiger partial charge in [-0.1, -0.05) is 12.8 Å². The van der Waals surface area contributed by atoms with Gasteiger partial charge in [0.25, 0.3) is 0 Å². The van der Waals surface area contributed by atoms with E-state index in [1.165, 1.54) is 12.8 Å². The highest BCUT2D eigenvalue weighted by atomic mass is 32.1. The van der Waals surface area contributed by atoms with Crippen LogP contribution in [0.5, 0.6) is 0 Å². The highest BCUT2D eigenvalue weighted by molar-refractivity contribution is 7.71. The van der Waals surface area contributed by atoms with Crippen molar-refractivity contribution in [3.8, 4) is 0 Å². The Morgan fingerprint density at radius 1 is 1.59 bits per heavy atom. The maximum atomic E-state index is 11.5. The molecule has 0 aliphatic heterocycles. The molecule has 5 nitrogen and oxygen atoms in total. The van der Waals surface area contributed by atoms with Gasteiger partial charge in [-0.15, -0.1) is 0 Å². The SMILES string of the molecule is CCOC(=O)Cc1n[nH]c(=S)n1C1CCCC1. The van der Waals surface area contributed by atoms with E-state index in [9.17, 15) is 4.79 Å². The molecule has 2 rings (SSSR count). The second-order valence-corrected chi connectivity index (χ2v) is 4.62. The molecule has 1 aliphatic carbocycles. The molecule has 0 saturated heterocycles. The Kier molecular flexibility index (Phi) is 3.93. The summed E-state index contributed by atoms with van der Waals surface area (Å²) in [4.78, 5) is 11.5. The number of aromatic amines is 1. The fourth-order valence-electron chi connectivity index (χ4n) is 2.34. The topological polar surface area (TPSA) is 59.9 Å². The highest BCUT2D eigenvalue weighted by Crippen LogP contribution is 2.30. The number of esters is 1. The second kappa shape index (κ2) is 5.44. The molecule has 0 aromatic carbocycles. The number of rotatable bonds is 4. The van der Waals surface area contributed by atoms with E-state index in [1.807, 2.05) is 4.57 Å². The van der Waals surface area contributed by atoms with Crippen LogP contribution in [0.25, 0.3) is 0 Å². The standard InChI is InChI=1S/C11H17N3O2S/c1-2-16-10(15)7-9-12-13-11(17)14(9)8-5-3-4-6-8/h8H,2-7H2,1H3,(H,13,17). The Balaban J connectivity index is 2.17. The van der Waals surface area contributed by atoms with Crippen LogP contribution in [-0.2, 0) is 16.0 Å². The van der Waals surface area contributed by atoms with E-state index in [-0.39, 0.29) is 12.4 Å². The molecule has 94 valence electrons. The van der Waals surface area contributed by atoms with Crippen molar-refractivity contribution in [1.82, 2.24) is 14.8 Å². The summed E-state index contributed by atoms with van der Waals surface area (Å²) in [5.41, 5.74) is 0. The maximum absolute atomic E-state index is 11.5. The van der Waals surface area contributed by atoms with Crippen LogP contribution >= 0.6 is 12.2 Å². The summed E-state index contributed by atoms with van der Waals surface area (Å²) >= 11 is 5.22. The van der Waals surface area contributed by atoms with E-state index in [2.05, 4.69) is 10.2 Å². The van der Waals surface area contributed by atoms with E-state index < -0.39 is 0 Å². The molecule has 1 fully saturated rings. The van der Waals surface area contributed by atoms with Crippen molar-refractivity contribution < 1.29 is 9.53 Å². The van der Waals surface area contributed by atoms with Gasteiger partial charge in [-0.25, -0.2) is 0 Å². The minimum absolute atomic E-state index is 0.192. The third-order valence-electron chi connectivity index (χ3n) is 3.08. The molecule has 0 radical (unpaired) electrons. The first kappa shape index (κ1) is 12.3. The fraction of sp³-hybridized carbons (Fsp3) is 0.727. The maximum Gasteiger partial charge on any atom is 0.313 e. The van der Waals surface area contributed by atoms with Crippen LogP contribution in [0, 0.1) is 4.77 Å². The zero-order valence-electron chi connectivity index (χ0n) is 9.94. The van der Waals surface area contributed by atoms with Gasteiger partial charge < -0.3 is 9.30 Å². The number of hydrogen-bond acceptors (Lipinski definition) is 4. The summed E-state index contributed by atoms with van der Waals surface area (Å²) in [7, 11) is 0. The van der Waals surface area contributed by atoms with Crippen LogP contribution in [-0.4, -0.2) is 27.3 Å². The molecule has 0 amide bonds. The first-order valence-electron chi connectivity index (χ1n) is 6.03. The van der Waals surface area contributed by atoms with Crippen molar-refractivity contribution in [3.63, 3.8) is 0 Å². The van der Waals surface area contributed by atoms with E-state index in [0.29, 0.717) is 23.2 Å².